The molecule has 0 aliphatic rings. The Morgan fingerprint density at radius 2 is 1.53 bits per heavy atom. The van der Waals surface area contributed by atoms with Crippen LogP contribution >= 0.6 is 7.60 Å². The van der Waals surface area contributed by atoms with Crippen molar-refractivity contribution in [1.82, 2.24) is 5.32 Å². The van der Waals surface area contributed by atoms with Crippen LogP contribution in [0.2, 0.25) is 0 Å². The van der Waals surface area contributed by atoms with Crippen molar-refractivity contribution in [2.75, 3.05) is 19.3 Å². The van der Waals surface area contributed by atoms with E-state index in [1.807, 2.05) is 0 Å². The molecule has 3 N–H and O–H groups in total. The van der Waals surface area contributed by atoms with E-state index >= 15 is 0 Å². The lowest BCUT2D eigenvalue weighted by Crippen LogP contribution is -2.13. The summed E-state index contributed by atoms with van der Waals surface area (Å²) in [4.78, 5) is 17.2. The lowest BCUT2D eigenvalue weighted by atomic mass is 10.1. The van der Waals surface area contributed by atoms with Gasteiger partial charge in [0.2, 0.25) is 0 Å². The highest BCUT2D eigenvalue weighted by atomic mass is 31.2. The van der Waals surface area contributed by atoms with Crippen molar-refractivity contribution >= 4 is 7.60 Å². The van der Waals surface area contributed by atoms with Gasteiger partial charge in [0.15, 0.2) is 0 Å². The van der Waals surface area contributed by atoms with Gasteiger partial charge in [-0.05, 0) is 25.9 Å². The fourth-order valence-corrected chi connectivity index (χ4v) is 2.09. The molecule has 0 rings (SSSR count). The highest BCUT2D eigenvalue weighted by Gasteiger charge is 2.10. The van der Waals surface area contributed by atoms with Gasteiger partial charge in [0.05, 0.1) is 0 Å². The van der Waals surface area contributed by atoms with E-state index in [9.17, 15) is 4.57 Å². The molecule has 5 heteroatoms. The summed E-state index contributed by atoms with van der Waals surface area (Å²) in [5.74, 6) is 0. The van der Waals surface area contributed by atoms with Gasteiger partial charge in [-0.15, -0.1) is 0 Å². The maximum atomic E-state index is 10.5. The summed E-state index contributed by atoms with van der Waals surface area (Å²) in [5.41, 5.74) is 0. The average Bonchev–Trinajstić information content (AvgIpc) is 2.14. The Morgan fingerprint density at radius 3 is 2.07 bits per heavy atom. The van der Waals surface area contributed by atoms with Gasteiger partial charge in [0.1, 0.15) is 0 Å². The van der Waals surface area contributed by atoms with Crippen LogP contribution in [0.5, 0.6) is 0 Å². The van der Waals surface area contributed by atoms with Gasteiger partial charge in [0, 0.05) is 6.16 Å². The summed E-state index contributed by atoms with van der Waals surface area (Å²) in [5, 5.41) is 3.27. The Kier molecular flexibility index (Phi) is 9.41. The first kappa shape index (κ1) is 15.1. The van der Waals surface area contributed by atoms with Crippen LogP contribution in [0, 0.1) is 0 Å². The maximum Gasteiger partial charge on any atom is 0.325 e. The summed E-state index contributed by atoms with van der Waals surface area (Å²) in [6.45, 7) is 4.21. The molecule has 0 aliphatic carbocycles. The minimum atomic E-state index is -3.75. The third kappa shape index (κ3) is 14.1. The van der Waals surface area contributed by atoms with Crippen LogP contribution in [0.25, 0.3) is 0 Å². The molecule has 0 unspecified atom stereocenters. The molecule has 0 spiro atoms. The molecule has 0 aromatic rings. The molecule has 0 amide bonds. The second-order valence-corrected chi connectivity index (χ2v) is 5.64. The van der Waals surface area contributed by atoms with Crippen LogP contribution in [-0.2, 0) is 4.57 Å². The van der Waals surface area contributed by atoms with Crippen LogP contribution in [0.15, 0.2) is 0 Å². The first-order valence-corrected chi connectivity index (χ1v) is 7.61. The number of hydrogen-bond donors (Lipinski definition) is 3. The molecule has 0 aliphatic heterocycles. The van der Waals surface area contributed by atoms with E-state index in [4.69, 9.17) is 9.79 Å². The minimum absolute atomic E-state index is 0.0460. The van der Waals surface area contributed by atoms with Crippen LogP contribution in [0.1, 0.15) is 45.4 Å². The zero-order chi connectivity index (χ0) is 11.6. The van der Waals surface area contributed by atoms with Gasteiger partial charge in [-0.2, -0.15) is 0 Å². The Labute approximate surface area is 92.6 Å². The maximum absolute atomic E-state index is 10.5. The lowest BCUT2D eigenvalue weighted by Gasteiger charge is -2.04. The number of hydrogen-bond acceptors (Lipinski definition) is 2. The molecule has 0 aromatic carbocycles. The Balaban J connectivity index is 3.02. The zero-order valence-electron chi connectivity index (χ0n) is 9.61. The van der Waals surface area contributed by atoms with E-state index < -0.39 is 7.60 Å². The third-order valence-electron chi connectivity index (χ3n) is 2.30. The molecule has 0 bridgehead atoms. The molecule has 0 saturated heterocycles. The highest BCUT2D eigenvalue weighted by Crippen LogP contribution is 2.35. The van der Waals surface area contributed by atoms with E-state index in [1.165, 1.54) is 19.3 Å². The summed E-state index contributed by atoms with van der Waals surface area (Å²) < 4.78 is 10.5. The molecule has 15 heavy (non-hydrogen) atoms. The predicted octanol–water partition coefficient (Wildman–Crippen LogP) is 2.11. The predicted molar refractivity (Wildman–Crippen MR) is 63.2 cm³/mol. The van der Waals surface area contributed by atoms with E-state index in [2.05, 4.69) is 12.2 Å². The molecule has 0 saturated carbocycles. The van der Waals surface area contributed by atoms with Crippen molar-refractivity contribution in [3.8, 4) is 0 Å². The molecule has 4 nitrogen and oxygen atoms in total. The highest BCUT2D eigenvalue weighted by molar-refractivity contribution is 7.51. The lowest BCUT2D eigenvalue weighted by molar-refractivity contribution is 0.370. The van der Waals surface area contributed by atoms with Crippen molar-refractivity contribution in [3.05, 3.63) is 0 Å². The SMILES string of the molecule is CCNCCCCCCCCP(=O)(O)O. The van der Waals surface area contributed by atoms with Gasteiger partial charge >= 0.3 is 7.60 Å². The Hall–Kier alpha value is 0.110. The van der Waals surface area contributed by atoms with Gasteiger partial charge in [-0.1, -0.05) is 32.6 Å². The molecule has 0 heterocycles. The molecule has 0 radical (unpaired) electrons. The number of unbranched alkanes of at least 4 members (excludes halogenated alkanes) is 5. The minimum Gasteiger partial charge on any atom is -0.324 e. The topological polar surface area (TPSA) is 69.6 Å². The average molecular weight is 237 g/mol. The van der Waals surface area contributed by atoms with Crippen LogP contribution in [0.4, 0.5) is 0 Å². The monoisotopic (exact) mass is 237 g/mol. The van der Waals surface area contributed by atoms with Crippen molar-refractivity contribution in [2.24, 2.45) is 0 Å². The second-order valence-electron chi connectivity index (χ2n) is 3.86. The smallest absolute Gasteiger partial charge is 0.324 e. The number of rotatable bonds is 10. The molecular formula is C10H24NO3P. The Morgan fingerprint density at radius 1 is 1.00 bits per heavy atom. The van der Waals surface area contributed by atoms with E-state index in [-0.39, 0.29) is 6.16 Å². The largest absolute Gasteiger partial charge is 0.325 e. The van der Waals surface area contributed by atoms with Gasteiger partial charge < -0.3 is 15.1 Å². The summed E-state index contributed by atoms with van der Waals surface area (Å²) in [7, 11) is -3.75. The third-order valence-corrected chi connectivity index (χ3v) is 3.20. The summed E-state index contributed by atoms with van der Waals surface area (Å²) in [6.07, 6.45) is 6.31. The van der Waals surface area contributed by atoms with Crippen molar-refractivity contribution in [3.63, 3.8) is 0 Å². The van der Waals surface area contributed by atoms with Gasteiger partial charge in [-0.25, -0.2) is 0 Å². The first-order valence-electron chi connectivity index (χ1n) is 5.81. The second kappa shape index (κ2) is 9.34. The summed E-state index contributed by atoms with van der Waals surface area (Å²) >= 11 is 0. The van der Waals surface area contributed by atoms with Crippen molar-refractivity contribution < 1.29 is 14.4 Å². The summed E-state index contributed by atoms with van der Waals surface area (Å²) in [6, 6.07) is 0. The quantitative estimate of drug-likeness (QED) is 0.402. The van der Waals surface area contributed by atoms with Gasteiger partial charge in [0.25, 0.3) is 0 Å². The van der Waals surface area contributed by atoms with Crippen LogP contribution < -0.4 is 5.32 Å². The first-order chi connectivity index (χ1) is 7.06. The molecule has 0 atom stereocenters. The van der Waals surface area contributed by atoms with Gasteiger partial charge in [-0.3, -0.25) is 4.57 Å². The molecule has 0 aromatic heterocycles. The fraction of sp³-hybridized carbons (Fsp3) is 1.00. The van der Waals surface area contributed by atoms with Crippen molar-refractivity contribution in [1.29, 1.82) is 0 Å². The van der Waals surface area contributed by atoms with E-state index in [1.54, 1.807) is 0 Å². The standard InChI is InChI=1S/C10H24NO3P/c1-2-11-9-7-5-3-4-6-8-10-15(12,13)14/h11H,2-10H2,1H3,(H2,12,13,14). The molecular weight excluding hydrogens is 213 g/mol. The molecule has 0 fully saturated rings. The Bertz CT molecular complexity index is 182. The number of nitrogens with one attached hydrogen (secondary N) is 1. The van der Waals surface area contributed by atoms with Crippen molar-refractivity contribution in [2.45, 2.75) is 45.4 Å². The van der Waals surface area contributed by atoms with E-state index in [0.717, 1.165) is 25.9 Å². The molecule has 92 valence electrons. The zero-order valence-corrected chi connectivity index (χ0v) is 10.5. The fourth-order valence-electron chi connectivity index (χ4n) is 1.45. The van der Waals surface area contributed by atoms with Crippen LogP contribution in [-0.4, -0.2) is 29.0 Å². The van der Waals surface area contributed by atoms with E-state index in [0.29, 0.717) is 6.42 Å². The van der Waals surface area contributed by atoms with Crippen LogP contribution in [0.3, 0.4) is 0 Å². The normalized spacial score (nSPS) is 11.9.